The van der Waals surface area contributed by atoms with Crippen LogP contribution in [-0.2, 0) is 9.84 Å². The van der Waals surface area contributed by atoms with Crippen molar-refractivity contribution in [1.82, 2.24) is 0 Å². The highest BCUT2D eigenvalue weighted by Gasteiger charge is 2.32. The summed E-state index contributed by atoms with van der Waals surface area (Å²) in [6.45, 7) is 3.79. The standard InChI is InChI=1S/C13H19Cl2NO2S/c1-3-5-11(16)12(4-2)19(17,18)13-8-9(14)6-7-10(13)15/h6-8,11-12H,3-5,16H2,1-2H3. The molecule has 0 spiro atoms. The van der Waals surface area contributed by atoms with E-state index < -0.39 is 21.1 Å². The van der Waals surface area contributed by atoms with Gasteiger partial charge in [0.15, 0.2) is 9.84 Å². The quantitative estimate of drug-likeness (QED) is 0.868. The lowest BCUT2D eigenvalue weighted by Gasteiger charge is -2.23. The van der Waals surface area contributed by atoms with Crippen molar-refractivity contribution in [1.29, 1.82) is 0 Å². The van der Waals surface area contributed by atoms with Crippen molar-refractivity contribution in [2.75, 3.05) is 0 Å². The highest BCUT2D eigenvalue weighted by molar-refractivity contribution is 7.92. The maximum absolute atomic E-state index is 12.6. The Morgan fingerprint density at radius 2 is 1.89 bits per heavy atom. The molecule has 6 heteroatoms. The van der Waals surface area contributed by atoms with Gasteiger partial charge in [-0.25, -0.2) is 8.42 Å². The van der Waals surface area contributed by atoms with Gasteiger partial charge in [-0.3, -0.25) is 0 Å². The molecule has 3 nitrogen and oxygen atoms in total. The summed E-state index contributed by atoms with van der Waals surface area (Å²) in [5.41, 5.74) is 6.00. The molecular weight excluding hydrogens is 305 g/mol. The Bertz CT molecular complexity index is 531. The summed E-state index contributed by atoms with van der Waals surface area (Å²) in [5, 5.41) is -0.100. The van der Waals surface area contributed by atoms with Crippen molar-refractivity contribution in [3.05, 3.63) is 28.2 Å². The van der Waals surface area contributed by atoms with Crippen molar-refractivity contribution < 1.29 is 8.42 Å². The van der Waals surface area contributed by atoms with Gasteiger partial charge in [0.2, 0.25) is 0 Å². The van der Waals surface area contributed by atoms with Crippen LogP contribution in [0.1, 0.15) is 33.1 Å². The summed E-state index contributed by atoms with van der Waals surface area (Å²) < 4.78 is 25.3. The number of halogens is 2. The van der Waals surface area contributed by atoms with E-state index in [1.165, 1.54) is 12.1 Å². The van der Waals surface area contributed by atoms with Gasteiger partial charge < -0.3 is 5.73 Å². The topological polar surface area (TPSA) is 60.2 Å². The normalized spacial score (nSPS) is 15.2. The molecule has 0 heterocycles. The molecule has 2 N–H and O–H groups in total. The first kappa shape index (κ1) is 16.8. The largest absolute Gasteiger partial charge is 0.327 e. The van der Waals surface area contributed by atoms with E-state index in [1.807, 2.05) is 13.8 Å². The van der Waals surface area contributed by atoms with Gasteiger partial charge in [0, 0.05) is 11.1 Å². The molecule has 0 saturated heterocycles. The second-order valence-electron chi connectivity index (χ2n) is 4.52. The van der Waals surface area contributed by atoms with Gasteiger partial charge in [0.05, 0.1) is 15.2 Å². The van der Waals surface area contributed by atoms with Crippen LogP contribution in [0.5, 0.6) is 0 Å². The average molecular weight is 324 g/mol. The fourth-order valence-corrected chi connectivity index (χ4v) is 4.80. The average Bonchev–Trinajstić information content (AvgIpc) is 2.33. The van der Waals surface area contributed by atoms with Gasteiger partial charge >= 0.3 is 0 Å². The highest BCUT2D eigenvalue weighted by Crippen LogP contribution is 2.30. The van der Waals surface area contributed by atoms with E-state index in [0.717, 1.165) is 6.42 Å². The summed E-state index contributed by atoms with van der Waals surface area (Å²) in [5.74, 6) is 0. The summed E-state index contributed by atoms with van der Waals surface area (Å²) in [6, 6.07) is 4.06. The Balaban J connectivity index is 3.24. The van der Waals surface area contributed by atoms with Crippen molar-refractivity contribution in [2.24, 2.45) is 5.73 Å². The lowest BCUT2D eigenvalue weighted by Crippen LogP contribution is -2.40. The monoisotopic (exact) mass is 323 g/mol. The van der Waals surface area contributed by atoms with E-state index in [0.29, 0.717) is 17.9 Å². The molecule has 0 aromatic heterocycles. The van der Waals surface area contributed by atoms with Crippen LogP contribution in [0.2, 0.25) is 10.0 Å². The first-order valence-electron chi connectivity index (χ1n) is 6.29. The van der Waals surface area contributed by atoms with Crippen molar-refractivity contribution in [2.45, 2.75) is 49.3 Å². The number of sulfone groups is 1. The fraction of sp³-hybridized carbons (Fsp3) is 0.538. The third-order valence-electron chi connectivity index (χ3n) is 3.10. The Hall–Kier alpha value is -0.290. The Kier molecular flexibility index (Phi) is 6.12. The molecule has 2 unspecified atom stereocenters. The first-order valence-corrected chi connectivity index (χ1v) is 8.59. The zero-order valence-corrected chi connectivity index (χ0v) is 13.4. The predicted octanol–water partition coefficient (Wildman–Crippen LogP) is 3.67. The molecule has 1 aromatic rings. The van der Waals surface area contributed by atoms with Crippen LogP contribution in [0.15, 0.2) is 23.1 Å². The lowest BCUT2D eigenvalue weighted by molar-refractivity contribution is 0.516. The van der Waals surface area contributed by atoms with Gasteiger partial charge in [-0.2, -0.15) is 0 Å². The molecule has 0 radical (unpaired) electrons. The van der Waals surface area contributed by atoms with Gasteiger partial charge in [-0.1, -0.05) is 43.5 Å². The molecule has 0 aliphatic carbocycles. The van der Waals surface area contributed by atoms with Crippen LogP contribution in [0.3, 0.4) is 0 Å². The fourth-order valence-electron chi connectivity index (χ4n) is 2.13. The smallest absolute Gasteiger partial charge is 0.184 e. The van der Waals surface area contributed by atoms with E-state index in [2.05, 4.69) is 0 Å². The molecule has 2 atom stereocenters. The van der Waals surface area contributed by atoms with E-state index in [9.17, 15) is 8.42 Å². The molecular formula is C13H19Cl2NO2S. The number of rotatable bonds is 6. The second kappa shape index (κ2) is 6.93. The SMILES string of the molecule is CCCC(N)C(CC)S(=O)(=O)c1cc(Cl)ccc1Cl. The van der Waals surface area contributed by atoms with Crippen molar-refractivity contribution >= 4 is 33.0 Å². The minimum absolute atomic E-state index is 0.0695. The molecule has 0 aliphatic heterocycles. The summed E-state index contributed by atoms with van der Waals surface area (Å²) in [6.07, 6.45) is 1.96. The molecule has 1 rings (SSSR count). The van der Waals surface area contributed by atoms with Crippen LogP contribution in [-0.4, -0.2) is 19.7 Å². The maximum atomic E-state index is 12.6. The van der Waals surface area contributed by atoms with Crippen LogP contribution in [0.4, 0.5) is 0 Å². The minimum atomic E-state index is -3.57. The number of hydrogen-bond donors (Lipinski definition) is 1. The first-order chi connectivity index (χ1) is 8.84. The molecule has 0 saturated carbocycles. The number of hydrogen-bond acceptors (Lipinski definition) is 3. The third-order valence-corrected chi connectivity index (χ3v) is 6.21. The summed E-state index contributed by atoms with van der Waals surface area (Å²) >= 11 is 11.8. The van der Waals surface area contributed by atoms with Crippen LogP contribution >= 0.6 is 23.2 Å². The van der Waals surface area contributed by atoms with Crippen LogP contribution in [0.25, 0.3) is 0 Å². The Morgan fingerprint density at radius 3 is 2.42 bits per heavy atom. The van der Waals surface area contributed by atoms with E-state index in [4.69, 9.17) is 28.9 Å². The molecule has 0 aliphatic rings. The summed E-state index contributed by atoms with van der Waals surface area (Å²) in [4.78, 5) is 0.0695. The Labute approximate surface area is 125 Å². The lowest BCUT2D eigenvalue weighted by atomic mass is 10.1. The molecule has 108 valence electrons. The van der Waals surface area contributed by atoms with Crippen LogP contribution in [0, 0.1) is 0 Å². The van der Waals surface area contributed by atoms with Crippen molar-refractivity contribution in [3.63, 3.8) is 0 Å². The third kappa shape index (κ3) is 3.85. The van der Waals surface area contributed by atoms with E-state index in [1.54, 1.807) is 6.07 Å². The molecule has 19 heavy (non-hydrogen) atoms. The zero-order chi connectivity index (χ0) is 14.6. The minimum Gasteiger partial charge on any atom is -0.327 e. The molecule has 0 fully saturated rings. The second-order valence-corrected chi connectivity index (χ2v) is 7.50. The van der Waals surface area contributed by atoms with Gasteiger partial charge in [-0.15, -0.1) is 0 Å². The van der Waals surface area contributed by atoms with E-state index >= 15 is 0 Å². The van der Waals surface area contributed by atoms with Gasteiger partial charge in [0.1, 0.15) is 0 Å². The number of benzene rings is 1. The van der Waals surface area contributed by atoms with E-state index in [-0.39, 0.29) is 9.92 Å². The zero-order valence-electron chi connectivity index (χ0n) is 11.1. The maximum Gasteiger partial charge on any atom is 0.184 e. The predicted molar refractivity (Wildman–Crippen MR) is 80.6 cm³/mol. The molecule has 0 bridgehead atoms. The van der Waals surface area contributed by atoms with Crippen LogP contribution < -0.4 is 5.73 Å². The molecule has 1 aromatic carbocycles. The highest BCUT2D eigenvalue weighted by atomic mass is 35.5. The molecule has 0 amide bonds. The van der Waals surface area contributed by atoms with Gasteiger partial charge in [-0.05, 0) is 31.0 Å². The number of nitrogens with two attached hydrogens (primary N) is 1. The van der Waals surface area contributed by atoms with Crippen molar-refractivity contribution in [3.8, 4) is 0 Å². The van der Waals surface area contributed by atoms with Gasteiger partial charge in [0.25, 0.3) is 0 Å². The summed E-state index contributed by atoms with van der Waals surface area (Å²) in [7, 11) is -3.57. The Morgan fingerprint density at radius 1 is 1.26 bits per heavy atom.